The number of nitrogens with one attached hydrogen (secondary N) is 2. The molecule has 1 saturated carbocycles. The van der Waals surface area contributed by atoms with Crippen molar-refractivity contribution in [3.8, 4) is 6.07 Å². The second-order valence-corrected chi connectivity index (χ2v) is 4.95. The molecule has 4 nitrogen and oxygen atoms in total. The Labute approximate surface area is 119 Å². The smallest absolute Gasteiger partial charge is 0.335 e. The first kappa shape index (κ1) is 15.2. The van der Waals surface area contributed by atoms with Crippen LogP contribution in [0.15, 0.2) is 18.2 Å². The SMILES string of the molecule is N#Cc1ccc(NC(=O)NC2CCCC2)cc1C(F)(F)F. The van der Waals surface area contributed by atoms with Crippen molar-refractivity contribution in [2.24, 2.45) is 0 Å². The highest BCUT2D eigenvalue weighted by Gasteiger charge is 2.34. The van der Waals surface area contributed by atoms with Crippen molar-refractivity contribution in [3.63, 3.8) is 0 Å². The maximum absolute atomic E-state index is 12.8. The van der Waals surface area contributed by atoms with Crippen LogP contribution in [0.25, 0.3) is 0 Å². The van der Waals surface area contributed by atoms with Crippen LogP contribution in [0.2, 0.25) is 0 Å². The number of hydrogen-bond donors (Lipinski definition) is 2. The van der Waals surface area contributed by atoms with Crippen LogP contribution >= 0.6 is 0 Å². The van der Waals surface area contributed by atoms with Gasteiger partial charge < -0.3 is 10.6 Å². The van der Waals surface area contributed by atoms with Gasteiger partial charge in [-0.3, -0.25) is 0 Å². The molecule has 0 unspecified atom stereocenters. The fraction of sp³-hybridized carbons (Fsp3) is 0.429. The fourth-order valence-corrected chi connectivity index (χ4v) is 2.38. The zero-order valence-corrected chi connectivity index (χ0v) is 11.1. The number of halogens is 3. The van der Waals surface area contributed by atoms with E-state index in [1.54, 1.807) is 0 Å². The van der Waals surface area contributed by atoms with E-state index < -0.39 is 23.3 Å². The fourth-order valence-electron chi connectivity index (χ4n) is 2.38. The standard InChI is InChI=1S/C14H14F3N3O/c15-14(16,17)12-7-11(6-5-9(12)8-18)20-13(21)19-10-3-1-2-4-10/h5-7,10H,1-4H2,(H2,19,20,21). The van der Waals surface area contributed by atoms with Crippen LogP contribution in [0, 0.1) is 11.3 Å². The summed E-state index contributed by atoms with van der Waals surface area (Å²) >= 11 is 0. The van der Waals surface area contributed by atoms with Crippen LogP contribution in [-0.2, 0) is 6.18 Å². The largest absolute Gasteiger partial charge is 0.417 e. The Bertz CT molecular complexity index is 572. The maximum Gasteiger partial charge on any atom is 0.417 e. The molecule has 0 spiro atoms. The van der Waals surface area contributed by atoms with Crippen LogP contribution in [0.3, 0.4) is 0 Å². The van der Waals surface area contributed by atoms with Gasteiger partial charge in [0.15, 0.2) is 0 Å². The highest BCUT2D eigenvalue weighted by Crippen LogP contribution is 2.33. The number of urea groups is 1. The van der Waals surface area contributed by atoms with Crippen molar-refractivity contribution >= 4 is 11.7 Å². The molecule has 0 bridgehead atoms. The Morgan fingerprint density at radius 1 is 1.29 bits per heavy atom. The summed E-state index contributed by atoms with van der Waals surface area (Å²) in [5.41, 5.74) is -1.51. The molecule has 2 amide bonds. The van der Waals surface area contributed by atoms with Crippen LogP contribution in [0.4, 0.5) is 23.7 Å². The van der Waals surface area contributed by atoms with Gasteiger partial charge in [0.1, 0.15) is 0 Å². The summed E-state index contributed by atoms with van der Waals surface area (Å²) in [6, 6.07) is 4.14. The minimum Gasteiger partial charge on any atom is -0.335 e. The van der Waals surface area contributed by atoms with Crippen molar-refractivity contribution in [2.45, 2.75) is 37.9 Å². The number of nitriles is 1. The van der Waals surface area contributed by atoms with Crippen LogP contribution in [-0.4, -0.2) is 12.1 Å². The highest BCUT2D eigenvalue weighted by molar-refractivity contribution is 5.89. The number of hydrogen-bond acceptors (Lipinski definition) is 2. The number of carbonyl (C=O) groups is 1. The summed E-state index contributed by atoms with van der Waals surface area (Å²) in [6.07, 6.45) is -0.784. The number of rotatable bonds is 2. The first-order valence-electron chi connectivity index (χ1n) is 6.59. The Hall–Kier alpha value is -2.23. The predicted molar refractivity (Wildman–Crippen MR) is 70.6 cm³/mol. The van der Waals surface area contributed by atoms with E-state index in [1.165, 1.54) is 12.1 Å². The summed E-state index contributed by atoms with van der Waals surface area (Å²) in [5, 5.41) is 13.8. The highest BCUT2D eigenvalue weighted by atomic mass is 19.4. The van der Waals surface area contributed by atoms with Gasteiger partial charge in [-0.15, -0.1) is 0 Å². The third-order valence-corrected chi connectivity index (χ3v) is 3.39. The number of nitrogens with zero attached hydrogens (tertiary/aromatic N) is 1. The van der Waals surface area contributed by atoms with E-state index in [2.05, 4.69) is 10.6 Å². The second kappa shape index (κ2) is 6.04. The summed E-state index contributed by atoms with van der Waals surface area (Å²) in [5.74, 6) is 0. The molecule has 0 heterocycles. The molecule has 1 fully saturated rings. The van der Waals surface area contributed by atoms with Crippen molar-refractivity contribution in [3.05, 3.63) is 29.3 Å². The van der Waals surface area contributed by atoms with Gasteiger partial charge in [-0.25, -0.2) is 4.79 Å². The maximum atomic E-state index is 12.8. The summed E-state index contributed by atoms with van der Waals surface area (Å²) in [7, 11) is 0. The van der Waals surface area contributed by atoms with E-state index >= 15 is 0 Å². The van der Waals surface area contributed by atoms with Crippen LogP contribution < -0.4 is 10.6 Å². The van der Waals surface area contributed by atoms with Crippen molar-refractivity contribution in [1.29, 1.82) is 5.26 Å². The number of anilines is 1. The molecule has 0 aromatic heterocycles. The van der Waals surface area contributed by atoms with Gasteiger partial charge >= 0.3 is 12.2 Å². The summed E-state index contributed by atoms with van der Waals surface area (Å²) in [4.78, 5) is 11.7. The van der Waals surface area contributed by atoms with Crippen molar-refractivity contribution < 1.29 is 18.0 Å². The van der Waals surface area contributed by atoms with Gasteiger partial charge in [0.2, 0.25) is 0 Å². The molecule has 1 aliphatic rings. The molecule has 0 atom stereocenters. The molecule has 1 aliphatic carbocycles. The van der Waals surface area contributed by atoms with Gasteiger partial charge in [0.25, 0.3) is 0 Å². The topological polar surface area (TPSA) is 64.9 Å². The van der Waals surface area contributed by atoms with Gasteiger partial charge in [-0.1, -0.05) is 12.8 Å². The molecule has 2 N–H and O–H groups in total. The lowest BCUT2D eigenvalue weighted by molar-refractivity contribution is -0.137. The average Bonchev–Trinajstić information content (AvgIpc) is 2.90. The first-order valence-corrected chi connectivity index (χ1v) is 6.59. The minimum atomic E-state index is -4.63. The molecular formula is C14H14F3N3O. The number of carbonyl (C=O) groups excluding carboxylic acids is 1. The van der Waals surface area contributed by atoms with E-state index in [-0.39, 0.29) is 11.7 Å². The Morgan fingerprint density at radius 2 is 1.95 bits per heavy atom. The second-order valence-electron chi connectivity index (χ2n) is 4.95. The van der Waals surface area contributed by atoms with Crippen molar-refractivity contribution in [2.75, 3.05) is 5.32 Å². The van der Waals surface area contributed by atoms with E-state index in [1.807, 2.05) is 0 Å². The number of amides is 2. The summed E-state index contributed by atoms with van der Waals surface area (Å²) in [6.45, 7) is 0. The van der Waals surface area contributed by atoms with Crippen molar-refractivity contribution in [1.82, 2.24) is 5.32 Å². The first-order chi connectivity index (χ1) is 9.90. The predicted octanol–water partition coefficient (Wildman–Crippen LogP) is 3.64. The minimum absolute atomic E-state index is 0.0109. The molecule has 7 heteroatoms. The van der Waals surface area contributed by atoms with Crippen LogP contribution in [0.1, 0.15) is 36.8 Å². The van der Waals surface area contributed by atoms with E-state index in [0.29, 0.717) is 0 Å². The molecule has 21 heavy (non-hydrogen) atoms. The molecule has 0 saturated heterocycles. The zero-order valence-electron chi connectivity index (χ0n) is 11.1. The quantitative estimate of drug-likeness (QED) is 0.875. The molecule has 1 aromatic carbocycles. The molecule has 0 radical (unpaired) electrons. The lowest BCUT2D eigenvalue weighted by Gasteiger charge is -2.14. The third-order valence-electron chi connectivity index (χ3n) is 3.39. The third kappa shape index (κ3) is 3.88. The molecule has 2 rings (SSSR count). The lowest BCUT2D eigenvalue weighted by Crippen LogP contribution is -2.36. The lowest BCUT2D eigenvalue weighted by atomic mass is 10.1. The van der Waals surface area contributed by atoms with Gasteiger partial charge in [0, 0.05) is 11.7 Å². The molecule has 1 aromatic rings. The van der Waals surface area contributed by atoms with Gasteiger partial charge in [-0.05, 0) is 31.0 Å². The zero-order chi connectivity index (χ0) is 15.5. The normalized spacial score (nSPS) is 15.5. The molecular weight excluding hydrogens is 283 g/mol. The van der Waals surface area contributed by atoms with Crippen LogP contribution in [0.5, 0.6) is 0 Å². The van der Waals surface area contributed by atoms with E-state index in [0.717, 1.165) is 37.8 Å². The Balaban J connectivity index is 2.10. The Morgan fingerprint density at radius 3 is 2.52 bits per heavy atom. The average molecular weight is 297 g/mol. The Kier molecular flexibility index (Phi) is 4.36. The van der Waals surface area contributed by atoms with Gasteiger partial charge in [-0.2, -0.15) is 18.4 Å². The summed E-state index contributed by atoms with van der Waals surface area (Å²) < 4.78 is 38.4. The monoisotopic (exact) mass is 297 g/mol. The number of benzene rings is 1. The van der Waals surface area contributed by atoms with E-state index in [9.17, 15) is 18.0 Å². The molecule has 0 aliphatic heterocycles. The number of alkyl halides is 3. The molecule has 112 valence electrons. The van der Waals surface area contributed by atoms with E-state index in [4.69, 9.17) is 5.26 Å². The van der Waals surface area contributed by atoms with Gasteiger partial charge in [0.05, 0.1) is 17.2 Å².